The third kappa shape index (κ3) is 4.03. The second kappa shape index (κ2) is 7.00. The summed E-state index contributed by atoms with van der Waals surface area (Å²) < 4.78 is 5.71. The normalized spacial score (nSPS) is 9.75. The molecule has 2 rings (SSSR count). The summed E-state index contributed by atoms with van der Waals surface area (Å²) in [5, 5.41) is 9.30. The molecule has 0 aromatic heterocycles. The molecule has 102 valence electrons. The van der Waals surface area contributed by atoms with E-state index in [1.54, 1.807) is 0 Å². The first-order valence-electron chi connectivity index (χ1n) is 6.26. The molecule has 0 fully saturated rings. The van der Waals surface area contributed by atoms with E-state index in [2.05, 4.69) is 11.8 Å². The Labute approximate surface area is 124 Å². The van der Waals surface area contributed by atoms with Crippen LogP contribution in [0.2, 0.25) is 5.02 Å². The van der Waals surface area contributed by atoms with Crippen LogP contribution in [0.5, 0.6) is 5.75 Å². The molecule has 0 aliphatic carbocycles. The van der Waals surface area contributed by atoms with Gasteiger partial charge in [-0.1, -0.05) is 41.6 Å². The Balaban J connectivity index is 2.07. The van der Waals surface area contributed by atoms with Gasteiger partial charge in [0, 0.05) is 5.56 Å². The van der Waals surface area contributed by atoms with Crippen molar-refractivity contribution in [1.29, 1.82) is 0 Å². The van der Waals surface area contributed by atoms with E-state index in [0.29, 0.717) is 17.4 Å². The first-order valence-corrected chi connectivity index (χ1v) is 6.64. The molecule has 0 heterocycles. The first-order chi connectivity index (χ1) is 9.69. The van der Waals surface area contributed by atoms with Crippen LogP contribution in [-0.2, 0) is 6.61 Å². The standard InChI is InChI=1S/C17H15ClO2/c1-13-7-8-17(16(18)10-13)20-12-15-5-2-4-14(11-15)6-3-9-19/h2,4-5,7-8,10-11,19H,9,12H2,1H3. The molecule has 2 aromatic rings. The molecule has 1 N–H and O–H groups in total. The predicted molar refractivity (Wildman–Crippen MR) is 80.9 cm³/mol. The molecular formula is C17H15ClO2. The highest BCUT2D eigenvalue weighted by Crippen LogP contribution is 2.26. The van der Waals surface area contributed by atoms with Gasteiger partial charge < -0.3 is 9.84 Å². The number of halogens is 1. The summed E-state index contributed by atoms with van der Waals surface area (Å²) >= 11 is 6.12. The van der Waals surface area contributed by atoms with Crippen LogP contribution < -0.4 is 4.74 Å². The van der Waals surface area contributed by atoms with E-state index in [1.165, 1.54) is 0 Å². The number of rotatable bonds is 3. The molecule has 0 unspecified atom stereocenters. The second-order valence-electron chi connectivity index (χ2n) is 4.38. The topological polar surface area (TPSA) is 29.5 Å². The van der Waals surface area contributed by atoms with Gasteiger partial charge in [0.2, 0.25) is 0 Å². The van der Waals surface area contributed by atoms with Gasteiger partial charge in [-0.25, -0.2) is 0 Å². The third-order valence-corrected chi connectivity index (χ3v) is 3.02. The maximum absolute atomic E-state index is 8.69. The van der Waals surface area contributed by atoms with Crippen molar-refractivity contribution in [2.24, 2.45) is 0 Å². The van der Waals surface area contributed by atoms with Crippen molar-refractivity contribution in [3.05, 3.63) is 64.2 Å². The molecule has 0 amide bonds. The third-order valence-electron chi connectivity index (χ3n) is 2.72. The largest absolute Gasteiger partial charge is 0.487 e. The summed E-state index contributed by atoms with van der Waals surface area (Å²) in [5.74, 6) is 6.17. The quantitative estimate of drug-likeness (QED) is 0.874. The summed E-state index contributed by atoms with van der Waals surface area (Å²) in [6.45, 7) is 2.27. The van der Waals surface area contributed by atoms with Crippen LogP contribution in [0.4, 0.5) is 0 Å². The Morgan fingerprint density at radius 1 is 1.20 bits per heavy atom. The summed E-state index contributed by atoms with van der Waals surface area (Å²) in [4.78, 5) is 0. The van der Waals surface area contributed by atoms with Crippen LogP contribution in [0, 0.1) is 18.8 Å². The molecule has 20 heavy (non-hydrogen) atoms. The predicted octanol–water partition coefficient (Wildman–Crippen LogP) is 3.57. The molecule has 2 aromatic carbocycles. The van der Waals surface area contributed by atoms with Crippen LogP contribution in [0.15, 0.2) is 42.5 Å². The average molecular weight is 287 g/mol. The highest BCUT2D eigenvalue weighted by Gasteiger charge is 2.02. The molecule has 0 aliphatic heterocycles. The zero-order chi connectivity index (χ0) is 14.4. The van der Waals surface area contributed by atoms with Crippen molar-refractivity contribution in [2.75, 3.05) is 6.61 Å². The molecule has 0 atom stereocenters. The van der Waals surface area contributed by atoms with Crippen molar-refractivity contribution in [1.82, 2.24) is 0 Å². The van der Waals surface area contributed by atoms with Gasteiger partial charge in [-0.3, -0.25) is 0 Å². The van der Waals surface area contributed by atoms with E-state index < -0.39 is 0 Å². The Bertz CT molecular complexity index is 654. The molecular weight excluding hydrogens is 272 g/mol. The smallest absolute Gasteiger partial charge is 0.138 e. The zero-order valence-corrected chi connectivity index (χ0v) is 11.9. The first kappa shape index (κ1) is 14.5. The van der Waals surface area contributed by atoms with Gasteiger partial charge in [0.1, 0.15) is 19.0 Å². The van der Waals surface area contributed by atoms with Crippen molar-refractivity contribution in [3.8, 4) is 17.6 Å². The molecule has 3 heteroatoms. The molecule has 0 bridgehead atoms. The Hall–Kier alpha value is -1.95. The minimum Gasteiger partial charge on any atom is -0.487 e. The van der Waals surface area contributed by atoms with E-state index in [0.717, 1.165) is 16.7 Å². The van der Waals surface area contributed by atoms with Crippen molar-refractivity contribution in [3.63, 3.8) is 0 Å². The zero-order valence-electron chi connectivity index (χ0n) is 11.2. The SMILES string of the molecule is Cc1ccc(OCc2cccc(C#CCO)c2)c(Cl)c1. The maximum atomic E-state index is 8.69. The molecule has 0 spiro atoms. The summed E-state index contributed by atoms with van der Waals surface area (Å²) in [6.07, 6.45) is 0. The number of aliphatic hydroxyl groups excluding tert-OH is 1. The Morgan fingerprint density at radius 3 is 2.80 bits per heavy atom. The molecule has 0 aliphatic rings. The number of aryl methyl sites for hydroxylation is 1. The second-order valence-corrected chi connectivity index (χ2v) is 4.79. The average Bonchev–Trinajstić information content (AvgIpc) is 2.45. The minimum atomic E-state index is -0.139. The highest BCUT2D eigenvalue weighted by molar-refractivity contribution is 6.32. The molecule has 0 radical (unpaired) electrons. The fraction of sp³-hybridized carbons (Fsp3) is 0.176. The summed E-state index contributed by atoms with van der Waals surface area (Å²) in [6, 6.07) is 13.4. The fourth-order valence-corrected chi connectivity index (χ4v) is 2.05. The maximum Gasteiger partial charge on any atom is 0.138 e. The van der Waals surface area contributed by atoms with E-state index >= 15 is 0 Å². The van der Waals surface area contributed by atoms with E-state index in [9.17, 15) is 0 Å². The minimum absolute atomic E-state index is 0.139. The van der Waals surface area contributed by atoms with Crippen LogP contribution in [0.1, 0.15) is 16.7 Å². The highest BCUT2D eigenvalue weighted by atomic mass is 35.5. The van der Waals surface area contributed by atoms with Gasteiger partial charge in [-0.2, -0.15) is 0 Å². The molecule has 0 saturated carbocycles. The van der Waals surface area contributed by atoms with Crippen molar-refractivity contribution in [2.45, 2.75) is 13.5 Å². The van der Waals surface area contributed by atoms with Crippen molar-refractivity contribution < 1.29 is 9.84 Å². The van der Waals surface area contributed by atoms with Gasteiger partial charge in [0.15, 0.2) is 0 Å². The number of aliphatic hydroxyl groups is 1. The molecule has 0 saturated heterocycles. The Morgan fingerprint density at radius 2 is 2.05 bits per heavy atom. The number of hydrogen-bond donors (Lipinski definition) is 1. The van der Waals surface area contributed by atoms with Crippen molar-refractivity contribution >= 4 is 11.6 Å². The molecule has 2 nitrogen and oxygen atoms in total. The van der Waals surface area contributed by atoms with Crippen LogP contribution in [-0.4, -0.2) is 11.7 Å². The lowest BCUT2D eigenvalue weighted by Gasteiger charge is -2.09. The van der Waals surface area contributed by atoms with Crippen LogP contribution in [0.3, 0.4) is 0 Å². The van der Waals surface area contributed by atoms with Crippen LogP contribution in [0.25, 0.3) is 0 Å². The number of ether oxygens (including phenoxy) is 1. The van der Waals surface area contributed by atoms with E-state index in [1.807, 2.05) is 49.4 Å². The van der Waals surface area contributed by atoms with Gasteiger partial charge >= 0.3 is 0 Å². The summed E-state index contributed by atoms with van der Waals surface area (Å²) in [7, 11) is 0. The van der Waals surface area contributed by atoms with E-state index in [4.69, 9.17) is 21.4 Å². The lowest BCUT2D eigenvalue weighted by atomic mass is 10.1. The Kier molecular flexibility index (Phi) is 5.06. The van der Waals surface area contributed by atoms with Gasteiger partial charge in [0.25, 0.3) is 0 Å². The number of hydrogen-bond acceptors (Lipinski definition) is 2. The summed E-state index contributed by atoms with van der Waals surface area (Å²) in [5.41, 5.74) is 2.96. The van der Waals surface area contributed by atoms with Gasteiger partial charge in [0.05, 0.1) is 5.02 Å². The monoisotopic (exact) mass is 286 g/mol. The van der Waals surface area contributed by atoms with E-state index in [-0.39, 0.29) is 6.61 Å². The number of benzene rings is 2. The van der Waals surface area contributed by atoms with Crippen LogP contribution >= 0.6 is 11.6 Å². The van der Waals surface area contributed by atoms with Gasteiger partial charge in [-0.05, 0) is 42.3 Å². The lowest BCUT2D eigenvalue weighted by molar-refractivity contribution is 0.306. The fourth-order valence-electron chi connectivity index (χ4n) is 1.76. The van der Waals surface area contributed by atoms with Gasteiger partial charge in [-0.15, -0.1) is 0 Å². The lowest BCUT2D eigenvalue weighted by Crippen LogP contribution is -1.96.